The lowest BCUT2D eigenvalue weighted by Crippen LogP contribution is -2.00. The van der Waals surface area contributed by atoms with Gasteiger partial charge in [0.2, 0.25) is 0 Å². The van der Waals surface area contributed by atoms with Crippen LogP contribution >= 0.6 is 0 Å². The number of hydrogen-bond acceptors (Lipinski definition) is 3. The Morgan fingerprint density at radius 2 is 2.44 bits per heavy atom. The molecule has 0 aliphatic carbocycles. The van der Waals surface area contributed by atoms with Crippen LogP contribution < -0.4 is 4.65 Å². The van der Waals surface area contributed by atoms with E-state index in [1.165, 1.54) is 0 Å². The highest BCUT2D eigenvalue weighted by molar-refractivity contribution is 6.17. The van der Waals surface area contributed by atoms with E-state index in [1.807, 2.05) is 0 Å². The average Bonchev–Trinajstić information content (AvgIpc) is 1.91. The predicted molar refractivity (Wildman–Crippen MR) is 34.2 cm³/mol. The van der Waals surface area contributed by atoms with Crippen molar-refractivity contribution in [3.8, 4) is 5.88 Å². The second kappa shape index (κ2) is 3.09. The van der Waals surface area contributed by atoms with Gasteiger partial charge in [0.25, 0.3) is 0 Å². The van der Waals surface area contributed by atoms with Gasteiger partial charge in [0.1, 0.15) is 0 Å². The second-order valence-electron chi connectivity index (χ2n) is 1.44. The Hall–Kier alpha value is -1.03. The van der Waals surface area contributed by atoms with Crippen LogP contribution in [0.1, 0.15) is 0 Å². The van der Waals surface area contributed by atoms with Crippen LogP contribution in [0.2, 0.25) is 0 Å². The van der Waals surface area contributed by atoms with Gasteiger partial charge in [-0.2, -0.15) is 0 Å². The Morgan fingerprint density at radius 3 is 3.00 bits per heavy atom. The van der Waals surface area contributed by atoms with E-state index in [9.17, 15) is 0 Å². The third-order valence-corrected chi connectivity index (χ3v) is 0.850. The molecule has 0 amide bonds. The molecule has 0 fully saturated rings. The van der Waals surface area contributed by atoms with Crippen molar-refractivity contribution in [2.75, 3.05) is 0 Å². The van der Waals surface area contributed by atoms with Crippen LogP contribution in [0.3, 0.4) is 0 Å². The lowest BCUT2D eigenvalue weighted by Gasteiger charge is -1.96. The predicted octanol–water partition coefficient (Wildman–Crippen LogP) is -0.281. The summed E-state index contributed by atoms with van der Waals surface area (Å²) in [5.41, 5.74) is 0. The summed E-state index contributed by atoms with van der Waals surface area (Å²) in [6.07, 6.45) is 1.60. The molecule has 0 atom stereocenters. The molecule has 0 aromatic carbocycles. The normalized spacial score (nSPS) is 8.56. The Kier molecular flexibility index (Phi) is 2.10. The molecule has 9 heavy (non-hydrogen) atoms. The summed E-state index contributed by atoms with van der Waals surface area (Å²) in [7, 11) is -0.322. The molecule has 0 unspecified atom stereocenters. The van der Waals surface area contributed by atoms with Crippen LogP contribution in [0, 0.1) is 0 Å². The number of aromatic nitrogens is 1. The number of rotatable bonds is 2. The Balaban J connectivity index is 2.61. The first-order valence-corrected chi connectivity index (χ1v) is 2.58. The van der Waals surface area contributed by atoms with Crippen molar-refractivity contribution in [1.29, 1.82) is 0 Å². The SMILES string of the molecule is OBOc1ccccn1. The fraction of sp³-hybridized carbons (Fsp3) is 0. The third-order valence-electron chi connectivity index (χ3n) is 0.850. The van der Waals surface area contributed by atoms with Gasteiger partial charge < -0.3 is 9.68 Å². The molecule has 0 bridgehead atoms. The maximum absolute atomic E-state index is 8.26. The van der Waals surface area contributed by atoms with Gasteiger partial charge in [0.15, 0.2) is 5.88 Å². The van der Waals surface area contributed by atoms with Crippen LogP contribution in [-0.2, 0) is 0 Å². The van der Waals surface area contributed by atoms with Gasteiger partial charge in [0, 0.05) is 6.20 Å². The van der Waals surface area contributed by atoms with E-state index >= 15 is 0 Å². The fourth-order valence-electron chi connectivity index (χ4n) is 0.499. The number of pyridine rings is 1. The van der Waals surface area contributed by atoms with Crippen molar-refractivity contribution in [2.45, 2.75) is 0 Å². The summed E-state index contributed by atoms with van der Waals surface area (Å²) in [5.74, 6) is 0.444. The minimum Gasteiger partial charge on any atom is -0.525 e. The highest BCUT2D eigenvalue weighted by Crippen LogP contribution is 2.00. The summed E-state index contributed by atoms with van der Waals surface area (Å²) in [4.78, 5) is 3.79. The summed E-state index contributed by atoms with van der Waals surface area (Å²) in [5, 5.41) is 8.26. The lowest BCUT2D eigenvalue weighted by atomic mass is 10.4. The standard InChI is InChI=1S/C5H6BNO2/c8-6-9-5-3-1-2-4-7-5/h1-4,6,8H. The van der Waals surface area contributed by atoms with Gasteiger partial charge in [-0.3, -0.25) is 0 Å². The first-order valence-electron chi connectivity index (χ1n) is 2.58. The molecule has 46 valence electrons. The monoisotopic (exact) mass is 123 g/mol. The number of hydrogen-bond donors (Lipinski definition) is 1. The molecule has 1 aromatic rings. The van der Waals surface area contributed by atoms with Gasteiger partial charge in [-0.15, -0.1) is 0 Å². The highest BCUT2D eigenvalue weighted by atomic mass is 16.5. The van der Waals surface area contributed by atoms with Crippen LogP contribution in [0.4, 0.5) is 0 Å². The summed E-state index contributed by atoms with van der Waals surface area (Å²) >= 11 is 0. The first-order chi connectivity index (χ1) is 4.43. The molecule has 1 aromatic heterocycles. The van der Waals surface area contributed by atoms with E-state index < -0.39 is 0 Å². The van der Waals surface area contributed by atoms with Crippen molar-refractivity contribution < 1.29 is 9.68 Å². The molecule has 0 radical (unpaired) electrons. The van der Waals surface area contributed by atoms with Crippen molar-refractivity contribution in [3.05, 3.63) is 24.4 Å². The average molecular weight is 123 g/mol. The molecule has 1 rings (SSSR count). The molecule has 0 aliphatic rings. The van der Waals surface area contributed by atoms with Gasteiger partial charge in [-0.1, -0.05) is 6.07 Å². The maximum atomic E-state index is 8.26. The van der Waals surface area contributed by atoms with Crippen molar-refractivity contribution in [1.82, 2.24) is 4.98 Å². The second-order valence-corrected chi connectivity index (χ2v) is 1.44. The number of nitrogens with zero attached hydrogens (tertiary/aromatic N) is 1. The summed E-state index contributed by atoms with van der Waals surface area (Å²) < 4.78 is 4.65. The van der Waals surface area contributed by atoms with E-state index in [4.69, 9.17) is 5.02 Å². The Labute approximate surface area is 53.6 Å². The Morgan fingerprint density at radius 1 is 1.56 bits per heavy atom. The van der Waals surface area contributed by atoms with E-state index in [1.54, 1.807) is 24.4 Å². The molecule has 0 saturated heterocycles. The highest BCUT2D eigenvalue weighted by Gasteiger charge is 1.88. The van der Waals surface area contributed by atoms with Gasteiger partial charge in [-0.25, -0.2) is 4.98 Å². The molecular weight excluding hydrogens is 117 g/mol. The van der Waals surface area contributed by atoms with Crippen molar-refractivity contribution in [2.24, 2.45) is 0 Å². The van der Waals surface area contributed by atoms with Crippen LogP contribution in [0.25, 0.3) is 0 Å². The molecule has 0 aliphatic heterocycles. The zero-order valence-corrected chi connectivity index (χ0v) is 4.82. The minimum atomic E-state index is -0.322. The van der Waals surface area contributed by atoms with Crippen LogP contribution in [0.15, 0.2) is 24.4 Å². The minimum absolute atomic E-state index is 0.322. The smallest absolute Gasteiger partial charge is 0.505 e. The zero-order chi connectivity index (χ0) is 6.53. The van der Waals surface area contributed by atoms with Crippen molar-refractivity contribution >= 4 is 7.69 Å². The summed E-state index contributed by atoms with van der Waals surface area (Å²) in [6, 6.07) is 5.25. The topological polar surface area (TPSA) is 42.4 Å². The Bertz CT molecular complexity index is 168. The maximum Gasteiger partial charge on any atom is 0.505 e. The lowest BCUT2D eigenvalue weighted by molar-refractivity contribution is 0.443. The van der Waals surface area contributed by atoms with Crippen LogP contribution in [0.5, 0.6) is 5.88 Å². The third kappa shape index (κ3) is 1.73. The van der Waals surface area contributed by atoms with E-state index in [2.05, 4.69) is 9.64 Å². The van der Waals surface area contributed by atoms with Gasteiger partial charge >= 0.3 is 7.69 Å². The van der Waals surface area contributed by atoms with E-state index in [0.717, 1.165) is 0 Å². The molecular formula is C5H6BNO2. The molecule has 3 nitrogen and oxygen atoms in total. The zero-order valence-electron chi connectivity index (χ0n) is 4.82. The largest absolute Gasteiger partial charge is 0.525 e. The first kappa shape index (κ1) is 6.10. The molecule has 0 spiro atoms. The van der Waals surface area contributed by atoms with Gasteiger partial charge in [0.05, 0.1) is 0 Å². The van der Waals surface area contributed by atoms with Crippen molar-refractivity contribution in [3.63, 3.8) is 0 Å². The molecule has 1 heterocycles. The fourth-order valence-corrected chi connectivity index (χ4v) is 0.499. The molecule has 4 heteroatoms. The van der Waals surface area contributed by atoms with Crippen LogP contribution in [-0.4, -0.2) is 17.7 Å². The van der Waals surface area contributed by atoms with Gasteiger partial charge in [-0.05, 0) is 12.1 Å². The molecule has 0 saturated carbocycles. The molecule has 1 N–H and O–H groups in total. The van der Waals surface area contributed by atoms with E-state index in [0.29, 0.717) is 5.88 Å². The quantitative estimate of drug-likeness (QED) is 0.549. The van der Waals surface area contributed by atoms with E-state index in [-0.39, 0.29) is 7.69 Å². The summed E-state index contributed by atoms with van der Waals surface area (Å²) in [6.45, 7) is 0.